The second-order valence-corrected chi connectivity index (χ2v) is 5.58. The van der Waals surface area contributed by atoms with E-state index in [2.05, 4.69) is 53.0 Å². The van der Waals surface area contributed by atoms with Crippen LogP contribution in [0.4, 0.5) is 5.82 Å². The van der Waals surface area contributed by atoms with Crippen molar-refractivity contribution in [3.63, 3.8) is 0 Å². The summed E-state index contributed by atoms with van der Waals surface area (Å²) in [7, 11) is 0. The number of pyridine rings is 1. The fourth-order valence-electron chi connectivity index (χ4n) is 3.32. The summed E-state index contributed by atoms with van der Waals surface area (Å²) >= 11 is 0. The van der Waals surface area contributed by atoms with E-state index in [1.165, 1.54) is 10.8 Å². The van der Waals surface area contributed by atoms with Crippen LogP contribution in [0.3, 0.4) is 0 Å². The Kier molecular flexibility index (Phi) is 2.86. The quantitative estimate of drug-likeness (QED) is 0.536. The number of rotatable bonds is 3. The molecule has 0 aliphatic heterocycles. The number of anilines is 1. The van der Waals surface area contributed by atoms with E-state index in [0.717, 1.165) is 46.5 Å². The van der Waals surface area contributed by atoms with Crippen LogP contribution in [0, 0.1) is 6.92 Å². The molecule has 0 bridgehead atoms. The van der Waals surface area contributed by atoms with Crippen LogP contribution < -0.4 is 4.90 Å². The first-order chi connectivity index (χ1) is 10.7. The smallest absolute Gasteiger partial charge is 0.136 e. The van der Waals surface area contributed by atoms with Crippen molar-refractivity contribution in [1.29, 1.82) is 0 Å². The highest BCUT2D eigenvalue weighted by Crippen LogP contribution is 2.36. The molecular weight excluding hydrogens is 272 g/mol. The van der Waals surface area contributed by atoms with Crippen LogP contribution in [0.5, 0.6) is 0 Å². The molecule has 0 spiro atoms. The van der Waals surface area contributed by atoms with Crippen LogP contribution in [0.25, 0.3) is 32.6 Å². The summed E-state index contributed by atoms with van der Waals surface area (Å²) in [5.74, 6) is 1.86. The van der Waals surface area contributed by atoms with Crippen molar-refractivity contribution in [2.75, 3.05) is 18.0 Å². The predicted octanol–water partition coefficient (Wildman–Crippen LogP) is 3.92. The number of aryl methyl sites for hydroxylation is 1. The molecule has 4 nitrogen and oxygen atoms in total. The molecular formula is C18H18N4. The first-order valence-electron chi connectivity index (χ1n) is 7.76. The summed E-state index contributed by atoms with van der Waals surface area (Å²) in [6.07, 6.45) is 1.97. The molecule has 22 heavy (non-hydrogen) atoms. The van der Waals surface area contributed by atoms with E-state index in [9.17, 15) is 0 Å². The lowest BCUT2D eigenvalue weighted by atomic mass is 10.00. The molecule has 2 aromatic carbocycles. The van der Waals surface area contributed by atoms with Crippen molar-refractivity contribution in [3.05, 3.63) is 36.3 Å². The SMILES string of the molecule is CCN(CC)c1ncc2ccc3nc(C)nc4ccc1c2c34. The van der Waals surface area contributed by atoms with Gasteiger partial charge in [0.25, 0.3) is 0 Å². The Bertz CT molecular complexity index is 954. The number of hydrogen-bond donors (Lipinski definition) is 0. The van der Waals surface area contributed by atoms with E-state index in [0.29, 0.717) is 0 Å². The molecule has 4 aromatic rings. The van der Waals surface area contributed by atoms with E-state index < -0.39 is 0 Å². The molecule has 110 valence electrons. The number of nitrogens with zero attached hydrogens (tertiary/aromatic N) is 4. The van der Waals surface area contributed by atoms with Crippen molar-refractivity contribution in [3.8, 4) is 0 Å². The zero-order chi connectivity index (χ0) is 15.3. The summed E-state index contributed by atoms with van der Waals surface area (Å²) in [6, 6.07) is 8.41. The second-order valence-electron chi connectivity index (χ2n) is 5.58. The average molecular weight is 290 g/mol. The zero-order valence-electron chi connectivity index (χ0n) is 13.1. The van der Waals surface area contributed by atoms with Gasteiger partial charge in [-0.1, -0.05) is 6.07 Å². The number of benzene rings is 2. The maximum Gasteiger partial charge on any atom is 0.136 e. The fraction of sp³-hybridized carbons (Fsp3) is 0.278. The molecule has 4 rings (SSSR count). The van der Waals surface area contributed by atoms with Crippen LogP contribution in [0.1, 0.15) is 19.7 Å². The van der Waals surface area contributed by atoms with Gasteiger partial charge in [-0.2, -0.15) is 0 Å². The molecule has 0 fully saturated rings. The van der Waals surface area contributed by atoms with Gasteiger partial charge in [0.1, 0.15) is 11.6 Å². The second kappa shape index (κ2) is 4.77. The zero-order valence-corrected chi connectivity index (χ0v) is 13.1. The Hall–Kier alpha value is -2.49. The van der Waals surface area contributed by atoms with Crippen molar-refractivity contribution >= 4 is 38.4 Å². The monoisotopic (exact) mass is 290 g/mol. The van der Waals surface area contributed by atoms with Crippen molar-refractivity contribution in [1.82, 2.24) is 15.0 Å². The average Bonchev–Trinajstić information content (AvgIpc) is 2.54. The molecule has 0 radical (unpaired) electrons. The van der Waals surface area contributed by atoms with Gasteiger partial charge in [-0.15, -0.1) is 0 Å². The third kappa shape index (κ3) is 1.73. The Morgan fingerprint density at radius 1 is 0.909 bits per heavy atom. The molecule has 0 saturated carbocycles. The van der Waals surface area contributed by atoms with Crippen LogP contribution >= 0.6 is 0 Å². The lowest BCUT2D eigenvalue weighted by Crippen LogP contribution is -2.23. The first kappa shape index (κ1) is 13.2. The minimum Gasteiger partial charge on any atom is -0.357 e. The van der Waals surface area contributed by atoms with E-state index in [4.69, 9.17) is 4.98 Å². The Balaban J connectivity index is 2.19. The fourth-order valence-corrected chi connectivity index (χ4v) is 3.32. The molecule has 0 atom stereocenters. The van der Waals surface area contributed by atoms with Crippen LogP contribution in [0.2, 0.25) is 0 Å². The number of hydrogen-bond acceptors (Lipinski definition) is 4. The molecule has 0 unspecified atom stereocenters. The molecule has 0 N–H and O–H groups in total. The van der Waals surface area contributed by atoms with Crippen molar-refractivity contribution in [2.24, 2.45) is 0 Å². The largest absolute Gasteiger partial charge is 0.357 e. The van der Waals surface area contributed by atoms with Gasteiger partial charge in [0.05, 0.1) is 11.0 Å². The highest BCUT2D eigenvalue weighted by Gasteiger charge is 2.15. The highest BCUT2D eigenvalue weighted by atomic mass is 15.2. The molecule has 0 aliphatic carbocycles. The minimum absolute atomic E-state index is 0.813. The van der Waals surface area contributed by atoms with Gasteiger partial charge < -0.3 is 4.90 Å². The lowest BCUT2D eigenvalue weighted by Gasteiger charge is -2.22. The topological polar surface area (TPSA) is 41.9 Å². The van der Waals surface area contributed by atoms with Gasteiger partial charge in [-0.3, -0.25) is 0 Å². The molecule has 0 saturated heterocycles. The summed E-state index contributed by atoms with van der Waals surface area (Å²) < 4.78 is 0. The van der Waals surface area contributed by atoms with E-state index in [1.54, 1.807) is 0 Å². The molecule has 0 aliphatic rings. The molecule has 4 heteroatoms. The van der Waals surface area contributed by atoms with Crippen LogP contribution in [-0.2, 0) is 0 Å². The van der Waals surface area contributed by atoms with Gasteiger partial charge in [0.2, 0.25) is 0 Å². The lowest BCUT2D eigenvalue weighted by molar-refractivity contribution is 0.852. The van der Waals surface area contributed by atoms with E-state index >= 15 is 0 Å². The Morgan fingerprint density at radius 2 is 1.59 bits per heavy atom. The van der Waals surface area contributed by atoms with Gasteiger partial charge in [-0.05, 0) is 39.0 Å². The molecule has 2 aromatic heterocycles. The maximum absolute atomic E-state index is 4.71. The summed E-state index contributed by atoms with van der Waals surface area (Å²) in [6.45, 7) is 8.16. The summed E-state index contributed by atoms with van der Waals surface area (Å²) in [5.41, 5.74) is 2.02. The van der Waals surface area contributed by atoms with Gasteiger partial charge in [0, 0.05) is 40.8 Å². The van der Waals surface area contributed by atoms with E-state index in [-0.39, 0.29) is 0 Å². The van der Waals surface area contributed by atoms with Gasteiger partial charge >= 0.3 is 0 Å². The van der Waals surface area contributed by atoms with Gasteiger partial charge in [-0.25, -0.2) is 15.0 Å². The van der Waals surface area contributed by atoms with Gasteiger partial charge in [0.15, 0.2) is 0 Å². The minimum atomic E-state index is 0.813. The Labute approximate surface area is 129 Å². The van der Waals surface area contributed by atoms with Crippen LogP contribution in [-0.4, -0.2) is 28.0 Å². The van der Waals surface area contributed by atoms with Crippen LogP contribution in [0.15, 0.2) is 30.5 Å². The third-order valence-corrected chi connectivity index (χ3v) is 4.34. The first-order valence-corrected chi connectivity index (χ1v) is 7.76. The maximum atomic E-state index is 4.71. The summed E-state index contributed by atoms with van der Waals surface area (Å²) in [5, 5.41) is 4.71. The third-order valence-electron chi connectivity index (χ3n) is 4.34. The van der Waals surface area contributed by atoms with Crippen molar-refractivity contribution in [2.45, 2.75) is 20.8 Å². The normalized spacial score (nSPS) is 11.8. The predicted molar refractivity (Wildman–Crippen MR) is 91.8 cm³/mol. The summed E-state index contributed by atoms with van der Waals surface area (Å²) in [4.78, 5) is 16.2. The Morgan fingerprint density at radius 3 is 2.27 bits per heavy atom. The highest BCUT2D eigenvalue weighted by molar-refractivity contribution is 6.23. The number of aromatic nitrogens is 3. The molecule has 2 heterocycles. The standard InChI is InChI=1S/C18H18N4/c1-4-22(5-2)18-13-7-9-15-17-14(20-11(3)21-15)8-6-12(10-19-18)16(13)17/h6-10H,4-5H2,1-3H3. The van der Waals surface area contributed by atoms with Crippen molar-refractivity contribution < 1.29 is 0 Å². The van der Waals surface area contributed by atoms with E-state index in [1.807, 2.05) is 13.1 Å². The molecule has 0 amide bonds.